The van der Waals surface area contributed by atoms with Crippen LogP contribution in [0.4, 0.5) is 0 Å². The molecule has 2 amide bonds. The van der Waals surface area contributed by atoms with Gasteiger partial charge in [0.15, 0.2) is 0 Å². The summed E-state index contributed by atoms with van der Waals surface area (Å²) in [6.07, 6.45) is 4.38. The first-order chi connectivity index (χ1) is 11.5. The van der Waals surface area contributed by atoms with Crippen molar-refractivity contribution in [2.24, 2.45) is 7.05 Å². The molecule has 2 N–H and O–H groups in total. The predicted octanol–water partition coefficient (Wildman–Crippen LogP) is 2.37. The van der Waals surface area contributed by atoms with E-state index in [1.54, 1.807) is 16.9 Å². The molecule has 1 aliphatic carbocycles. The third-order valence-electron chi connectivity index (χ3n) is 4.01. The Morgan fingerprint density at radius 2 is 2.12 bits per heavy atom. The average Bonchev–Trinajstić information content (AvgIpc) is 3.10. The number of hydrogen-bond acceptors (Lipinski definition) is 4. The summed E-state index contributed by atoms with van der Waals surface area (Å²) in [5.74, 6) is -0.329. The van der Waals surface area contributed by atoms with Gasteiger partial charge in [0.2, 0.25) is 5.91 Å². The molecule has 0 atom stereocenters. The van der Waals surface area contributed by atoms with Crippen LogP contribution in [-0.4, -0.2) is 33.7 Å². The number of carbonyl (C=O) groups is 2. The van der Waals surface area contributed by atoms with Crippen molar-refractivity contribution in [3.63, 3.8) is 0 Å². The first-order valence-corrected chi connectivity index (χ1v) is 8.69. The molecule has 2 aromatic heterocycles. The zero-order valence-corrected chi connectivity index (χ0v) is 14.7. The van der Waals surface area contributed by atoms with Crippen LogP contribution in [-0.2, 0) is 11.8 Å². The number of halogens is 1. The summed E-state index contributed by atoms with van der Waals surface area (Å²) in [5, 5.41) is 9.90. The summed E-state index contributed by atoms with van der Waals surface area (Å²) >= 11 is 7.52. The van der Waals surface area contributed by atoms with Gasteiger partial charge >= 0.3 is 0 Å². The molecule has 0 saturated heterocycles. The van der Waals surface area contributed by atoms with Gasteiger partial charge in [0.25, 0.3) is 5.91 Å². The van der Waals surface area contributed by atoms with Gasteiger partial charge in [-0.2, -0.15) is 5.10 Å². The molecule has 0 aliphatic heterocycles. The Kier molecular flexibility index (Phi) is 4.73. The second kappa shape index (κ2) is 6.78. The molecule has 1 fully saturated rings. The maximum atomic E-state index is 12.4. The first-order valence-electron chi connectivity index (χ1n) is 7.49. The van der Waals surface area contributed by atoms with Crippen LogP contribution < -0.4 is 10.6 Å². The lowest BCUT2D eigenvalue weighted by Crippen LogP contribution is -2.53. The molecular weight excluding hydrogens is 348 g/mol. The highest BCUT2D eigenvalue weighted by Gasteiger charge is 2.31. The Balaban J connectivity index is 1.60. The molecule has 0 spiro atoms. The van der Waals surface area contributed by atoms with Gasteiger partial charge in [-0.3, -0.25) is 14.3 Å². The maximum absolute atomic E-state index is 12.4. The SMILES string of the molecule is C=CC(=O)NC1CC(NC(=O)c2cc(-c3ccnn3C)c(Cl)s2)C1. The van der Waals surface area contributed by atoms with E-state index >= 15 is 0 Å². The summed E-state index contributed by atoms with van der Waals surface area (Å²) < 4.78 is 2.28. The summed E-state index contributed by atoms with van der Waals surface area (Å²) in [6, 6.07) is 3.80. The number of carbonyl (C=O) groups excluding carboxylic acids is 2. The molecule has 0 aromatic carbocycles. The van der Waals surface area contributed by atoms with Crippen molar-refractivity contribution in [3.05, 3.63) is 40.2 Å². The zero-order chi connectivity index (χ0) is 17.3. The minimum Gasteiger partial charge on any atom is -0.350 e. The number of thiophene rings is 1. The molecule has 0 radical (unpaired) electrons. The van der Waals surface area contributed by atoms with Crippen molar-refractivity contribution in [1.82, 2.24) is 20.4 Å². The van der Waals surface area contributed by atoms with Gasteiger partial charge in [-0.25, -0.2) is 0 Å². The molecule has 126 valence electrons. The van der Waals surface area contributed by atoms with Crippen LogP contribution in [0.15, 0.2) is 31.0 Å². The van der Waals surface area contributed by atoms with E-state index < -0.39 is 0 Å². The molecule has 2 heterocycles. The lowest BCUT2D eigenvalue weighted by atomic mass is 9.86. The van der Waals surface area contributed by atoms with Crippen LogP contribution in [0.5, 0.6) is 0 Å². The first kappa shape index (κ1) is 16.7. The second-order valence-corrected chi connectivity index (χ2v) is 7.34. The van der Waals surface area contributed by atoms with Crippen LogP contribution in [0.1, 0.15) is 22.5 Å². The number of amides is 2. The van der Waals surface area contributed by atoms with Gasteiger partial charge in [-0.1, -0.05) is 18.2 Å². The summed E-state index contributed by atoms with van der Waals surface area (Å²) in [5.41, 5.74) is 1.67. The molecule has 6 nitrogen and oxygen atoms in total. The smallest absolute Gasteiger partial charge is 0.261 e. The Labute approximate surface area is 148 Å². The lowest BCUT2D eigenvalue weighted by Gasteiger charge is -2.35. The highest BCUT2D eigenvalue weighted by atomic mass is 35.5. The van der Waals surface area contributed by atoms with E-state index in [0.29, 0.717) is 9.21 Å². The molecule has 2 aromatic rings. The van der Waals surface area contributed by atoms with Gasteiger partial charge in [-0.05, 0) is 31.1 Å². The molecule has 0 unspecified atom stereocenters. The topological polar surface area (TPSA) is 76.0 Å². The van der Waals surface area contributed by atoms with Crippen LogP contribution in [0, 0.1) is 0 Å². The molecular formula is C16H17ClN4O2S. The molecule has 24 heavy (non-hydrogen) atoms. The summed E-state index contributed by atoms with van der Waals surface area (Å²) in [6.45, 7) is 3.42. The normalized spacial score (nSPS) is 19.4. The Morgan fingerprint density at radius 3 is 2.75 bits per heavy atom. The summed E-state index contributed by atoms with van der Waals surface area (Å²) in [4.78, 5) is 24.1. The molecule has 0 bridgehead atoms. The van der Waals surface area contributed by atoms with Crippen molar-refractivity contribution in [3.8, 4) is 11.3 Å². The Morgan fingerprint density at radius 1 is 1.42 bits per heavy atom. The van der Waals surface area contributed by atoms with Crippen LogP contribution >= 0.6 is 22.9 Å². The van der Waals surface area contributed by atoms with Crippen molar-refractivity contribution in [2.75, 3.05) is 0 Å². The number of aromatic nitrogens is 2. The highest BCUT2D eigenvalue weighted by molar-refractivity contribution is 7.18. The minimum atomic E-state index is -0.185. The van der Waals surface area contributed by atoms with Gasteiger partial charge < -0.3 is 10.6 Å². The van der Waals surface area contributed by atoms with Crippen molar-refractivity contribution < 1.29 is 9.59 Å². The number of hydrogen-bond donors (Lipinski definition) is 2. The number of rotatable bonds is 5. The van der Waals surface area contributed by atoms with Gasteiger partial charge in [0, 0.05) is 30.9 Å². The second-order valence-electron chi connectivity index (χ2n) is 5.69. The van der Waals surface area contributed by atoms with E-state index in [0.717, 1.165) is 24.1 Å². The highest BCUT2D eigenvalue weighted by Crippen LogP contribution is 2.35. The molecule has 1 saturated carbocycles. The fourth-order valence-electron chi connectivity index (χ4n) is 2.66. The van der Waals surface area contributed by atoms with Gasteiger partial charge in [-0.15, -0.1) is 11.3 Å². The zero-order valence-electron chi connectivity index (χ0n) is 13.1. The Bertz CT molecular complexity index is 792. The lowest BCUT2D eigenvalue weighted by molar-refractivity contribution is -0.117. The van der Waals surface area contributed by atoms with Crippen LogP contribution in [0.25, 0.3) is 11.3 Å². The predicted molar refractivity (Wildman–Crippen MR) is 94.1 cm³/mol. The van der Waals surface area contributed by atoms with Crippen molar-refractivity contribution in [1.29, 1.82) is 0 Å². The quantitative estimate of drug-likeness (QED) is 0.800. The van der Waals surface area contributed by atoms with Crippen LogP contribution in [0.3, 0.4) is 0 Å². The fourth-order valence-corrected chi connectivity index (χ4v) is 3.86. The third kappa shape index (κ3) is 3.37. The van der Waals surface area contributed by atoms with E-state index in [2.05, 4.69) is 22.3 Å². The largest absolute Gasteiger partial charge is 0.350 e. The van der Waals surface area contributed by atoms with Crippen molar-refractivity contribution in [2.45, 2.75) is 24.9 Å². The Hall–Kier alpha value is -2.12. The maximum Gasteiger partial charge on any atom is 0.261 e. The number of nitrogens with zero attached hydrogens (tertiary/aromatic N) is 2. The summed E-state index contributed by atoms with van der Waals surface area (Å²) in [7, 11) is 1.83. The van der Waals surface area contributed by atoms with Gasteiger partial charge in [0.1, 0.15) is 4.34 Å². The number of nitrogens with one attached hydrogen (secondary N) is 2. The standard InChI is InChI=1S/C16H17ClN4O2S/c1-3-14(22)19-9-6-10(7-9)20-16(23)13-8-11(15(17)24-13)12-4-5-18-21(12)2/h3-5,8-10H,1,6-7H2,2H3,(H,19,22)(H,20,23). The fraction of sp³-hybridized carbons (Fsp3) is 0.312. The monoisotopic (exact) mass is 364 g/mol. The van der Waals surface area contributed by atoms with E-state index in [-0.39, 0.29) is 23.9 Å². The van der Waals surface area contributed by atoms with Crippen molar-refractivity contribution >= 4 is 34.8 Å². The average molecular weight is 365 g/mol. The molecule has 8 heteroatoms. The molecule has 1 aliphatic rings. The van der Waals surface area contributed by atoms with E-state index in [4.69, 9.17) is 11.6 Å². The van der Waals surface area contributed by atoms with Gasteiger partial charge in [0.05, 0.1) is 10.6 Å². The minimum absolute atomic E-state index is 0.0636. The number of aryl methyl sites for hydroxylation is 1. The van der Waals surface area contributed by atoms with E-state index in [1.807, 2.05) is 13.1 Å². The third-order valence-corrected chi connectivity index (χ3v) is 5.37. The van der Waals surface area contributed by atoms with E-state index in [9.17, 15) is 9.59 Å². The van der Waals surface area contributed by atoms with Crippen LogP contribution in [0.2, 0.25) is 4.34 Å². The molecule has 3 rings (SSSR count). The van der Waals surface area contributed by atoms with E-state index in [1.165, 1.54) is 17.4 Å².